The third-order valence-corrected chi connectivity index (χ3v) is 3.75. The minimum atomic E-state index is -0.919. The monoisotopic (exact) mass is 365 g/mol. The van der Waals surface area contributed by atoms with Gasteiger partial charge in [-0.05, 0) is 6.42 Å². The largest absolute Gasteiger partial charge is 0.356 e. The molecular weight excluding hydrogens is 342 g/mol. The molecule has 0 fully saturated rings. The number of ketones is 1. The number of Topliss-reactive ketones (excluding diaryl/α,β-unsaturated/α-hetero) is 1. The van der Waals surface area contributed by atoms with Crippen molar-refractivity contribution < 1.29 is 28.8 Å². The van der Waals surface area contributed by atoms with Crippen molar-refractivity contribution in [1.82, 2.24) is 15.5 Å². The normalized spacial score (nSPS) is 14.3. The van der Waals surface area contributed by atoms with Crippen molar-refractivity contribution in [3.63, 3.8) is 0 Å². The van der Waals surface area contributed by atoms with Gasteiger partial charge >= 0.3 is 0 Å². The maximum atomic E-state index is 12.0. The Kier molecular flexibility index (Phi) is 8.33. The first-order valence-corrected chi connectivity index (χ1v) is 8.38. The molecule has 0 aromatic heterocycles. The molecule has 1 aliphatic heterocycles. The molecule has 0 aliphatic carbocycles. The zero-order chi connectivity index (χ0) is 19.7. The molecule has 0 bridgehead atoms. The Hall–Kier alpha value is -2.84. The Labute approximate surface area is 151 Å². The highest BCUT2D eigenvalue weighted by Crippen LogP contribution is 2.11. The minimum absolute atomic E-state index is 0.120. The molecule has 0 aromatic rings. The smallest absolute Gasteiger partial charge is 0.253 e. The summed E-state index contributed by atoms with van der Waals surface area (Å²) in [6, 6.07) is 0. The summed E-state index contributed by atoms with van der Waals surface area (Å²) in [5, 5.41) is 4.67. The van der Waals surface area contributed by atoms with E-state index in [4.69, 9.17) is 0 Å². The molecule has 0 spiro atoms. The van der Waals surface area contributed by atoms with Crippen LogP contribution in [0.15, 0.2) is 12.2 Å². The van der Waals surface area contributed by atoms with E-state index in [1.165, 1.54) is 19.1 Å². The molecule has 0 radical (unpaired) electrons. The van der Waals surface area contributed by atoms with Gasteiger partial charge in [-0.2, -0.15) is 0 Å². The second-order valence-corrected chi connectivity index (χ2v) is 5.91. The van der Waals surface area contributed by atoms with Gasteiger partial charge in [0.05, 0.1) is 5.92 Å². The van der Waals surface area contributed by atoms with E-state index in [9.17, 15) is 28.8 Å². The Morgan fingerprint density at radius 2 is 1.69 bits per heavy atom. The van der Waals surface area contributed by atoms with Crippen LogP contribution >= 0.6 is 0 Å². The predicted octanol–water partition coefficient (Wildman–Crippen LogP) is -0.544. The molecule has 1 atom stereocenters. The average Bonchev–Trinajstić information content (AvgIpc) is 2.88. The van der Waals surface area contributed by atoms with E-state index in [-0.39, 0.29) is 49.9 Å². The summed E-state index contributed by atoms with van der Waals surface area (Å²) < 4.78 is 0. The summed E-state index contributed by atoms with van der Waals surface area (Å²) in [6.45, 7) is 3.21. The van der Waals surface area contributed by atoms with E-state index in [1.807, 2.05) is 0 Å². The molecule has 5 amide bonds. The van der Waals surface area contributed by atoms with Gasteiger partial charge in [-0.3, -0.25) is 39.0 Å². The van der Waals surface area contributed by atoms with Gasteiger partial charge in [-0.25, -0.2) is 0 Å². The van der Waals surface area contributed by atoms with E-state index in [1.54, 1.807) is 6.92 Å². The standard InChI is InChI=1S/C17H23N3O6/c1-3-13(22)9-12(17(26)19-11(2)21)10-14(23)18-7-4-8-20-15(24)5-6-16(20)25/h5-6,12H,3-4,7-10H2,1-2H3,(H,18,23)(H,19,21,26). The van der Waals surface area contributed by atoms with Gasteiger partial charge in [0.2, 0.25) is 17.7 Å². The maximum absolute atomic E-state index is 12.0. The molecule has 9 heteroatoms. The Balaban J connectivity index is 2.43. The molecule has 0 saturated heterocycles. The van der Waals surface area contributed by atoms with Crippen LogP contribution in [0, 0.1) is 5.92 Å². The highest BCUT2D eigenvalue weighted by atomic mass is 16.2. The van der Waals surface area contributed by atoms with Crippen molar-refractivity contribution in [2.75, 3.05) is 13.1 Å². The quantitative estimate of drug-likeness (QED) is 0.395. The van der Waals surface area contributed by atoms with Gasteiger partial charge in [0, 0.05) is 51.4 Å². The molecular formula is C17H23N3O6. The first-order valence-electron chi connectivity index (χ1n) is 8.38. The number of hydrogen-bond acceptors (Lipinski definition) is 6. The van der Waals surface area contributed by atoms with Crippen LogP contribution in [-0.2, 0) is 28.8 Å². The van der Waals surface area contributed by atoms with Crippen LogP contribution in [0.25, 0.3) is 0 Å². The van der Waals surface area contributed by atoms with Gasteiger partial charge in [-0.15, -0.1) is 0 Å². The highest BCUT2D eigenvalue weighted by Gasteiger charge is 2.25. The summed E-state index contributed by atoms with van der Waals surface area (Å²) in [6.07, 6.45) is 2.62. The lowest BCUT2D eigenvalue weighted by molar-refractivity contribution is -0.137. The van der Waals surface area contributed by atoms with Crippen molar-refractivity contribution in [2.24, 2.45) is 5.92 Å². The van der Waals surface area contributed by atoms with Gasteiger partial charge in [0.25, 0.3) is 11.8 Å². The molecule has 0 aromatic carbocycles. The van der Waals surface area contributed by atoms with Gasteiger partial charge in [0.1, 0.15) is 5.78 Å². The molecule has 1 rings (SSSR count). The zero-order valence-corrected chi connectivity index (χ0v) is 14.9. The number of nitrogens with one attached hydrogen (secondary N) is 2. The number of amides is 5. The van der Waals surface area contributed by atoms with Crippen molar-refractivity contribution in [3.05, 3.63) is 12.2 Å². The highest BCUT2D eigenvalue weighted by molar-refractivity contribution is 6.12. The van der Waals surface area contributed by atoms with E-state index >= 15 is 0 Å². The van der Waals surface area contributed by atoms with Crippen LogP contribution < -0.4 is 10.6 Å². The van der Waals surface area contributed by atoms with Crippen molar-refractivity contribution in [3.8, 4) is 0 Å². The molecule has 1 heterocycles. The van der Waals surface area contributed by atoms with Crippen molar-refractivity contribution >= 4 is 35.3 Å². The van der Waals surface area contributed by atoms with E-state index in [2.05, 4.69) is 10.6 Å². The van der Waals surface area contributed by atoms with Gasteiger partial charge in [-0.1, -0.05) is 6.92 Å². The lowest BCUT2D eigenvalue weighted by Gasteiger charge is -2.16. The molecule has 0 saturated carbocycles. The lowest BCUT2D eigenvalue weighted by atomic mass is 9.96. The van der Waals surface area contributed by atoms with Crippen LogP contribution in [0.1, 0.15) is 39.5 Å². The minimum Gasteiger partial charge on any atom is -0.356 e. The SMILES string of the molecule is CCC(=O)CC(CC(=O)NCCCN1C(=O)C=CC1=O)C(=O)NC(C)=O. The molecule has 9 nitrogen and oxygen atoms in total. The maximum Gasteiger partial charge on any atom is 0.253 e. The van der Waals surface area contributed by atoms with Crippen LogP contribution in [0.5, 0.6) is 0 Å². The third-order valence-electron chi connectivity index (χ3n) is 3.75. The van der Waals surface area contributed by atoms with Crippen molar-refractivity contribution in [2.45, 2.75) is 39.5 Å². The van der Waals surface area contributed by atoms with E-state index < -0.39 is 23.6 Å². The molecule has 1 unspecified atom stereocenters. The number of carbonyl (C=O) groups excluding carboxylic acids is 6. The first kappa shape index (κ1) is 21.2. The second kappa shape index (κ2) is 10.2. The van der Waals surface area contributed by atoms with Gasteiger partial charge < -0.3 is 5.32 Å². The zero-order valence-electron chi connectivity index (χ0n) is 14.9. The molecule has 1 aliphatic rings. The fourth-order valence-corrected chi connectivity index (χ4v) is 2.36. The second-order valence-electron chi connectivity index (χ2n) is 5.91. The Bertz CT molecular complexity index is 622. The number of imide groups is 2. The van der Waals surface area contributed by atoms with E-state index in [0.29, 0.717) is 6.42 Å². The summed E-state index contributed by atoms with van der Waals surface area (Å²) in [5.41, 5.74) is 0. The first-order chi connectivity index (χ1) is 12.2. The Morgan fingerprint density at radius 1 is 1.08 bits per heavy atom. The number of hydrogen-bond donors (Lipinski definition) is 2. The van der Waals surface area contributed by atoms with Crippen LogP contribution in [0.4, 0.5) is 0 Å². The summed E-state index contributed by atoms with van der Waals surface area (Å²) in [5.74, 6) is -3.54. The van der Waals surface area contributed by atoms with Crippen LogP contribution in [0.2, 0.25) is 0 Å². The van der Waals surface area contributed by atoms with Gasteiger partial charge in [0.15, 0.2) is 0 Å². The number of nitrogens with zero attached hydrogens (tertiary/aromatic N) is 1. The predicted molar refractivity (Wildman–Crippen MR) is 90.3 cm³/mol. The fraction of sp³-hybridized carbons (Fsp3) is 0.529. The average molecular weight is 365 g/mol. The van der Waals surface area contributed by atoms with Crippen LogP contribution in [0.3, 0.4) is 0 Å². The van der Waals surface area contributed by atoms with E-state index in [0.717, 1.165) is 4.90 Å². The third kappa shape index (κ3) is 6.96. The Morgan fingerprint density at radius 3 is 2.23 bits per heavy atom. The molecule has 26 heavy (non-hydrogen) atoms. The molecule has 2 N–H and O–H groups in total. The van der Waals surface area contributed by atoms with Crippen molar-refractivity contribution in [1.29, 1.82) is 0 Å². The summed E-state index contributed by atoms with van der Waals surface area (Å²) in [4.78, 5) is 70.4. The number of rotatable bonds is 10. The summed E-state index contributed by atoms with van der Waals surface area (Å²) >= 11 is 0. The number of carbonyl (C=O) groups is 6. The van der Waals surface area contributed by atoms with Crippen LogP contribution in [-0.4, -0.2) is 53.3 Å². The molecule has 142 valence electrons. The fourth-order valence-electron chi connectivity index (χ4n) is 2.36. The summed E-state index contributed by atoms with van der Waals surface area (Å²) in [7, 11) is 0. The lowest BCUT2D eigenvalue weighted by Crippen LogP contribution is -2.38. The topological polar surface area (TPSA) is 130 Å².